The van der Waals surface area contributed by atoms with Gasteiger partial charge in [-0.2, -0.15) is 0 Å². The molecule has 4 heteroatoms. The fraction of sp³-hybridized carbons (Fsp3) is 0.571. The molecule has 1 aromatic rings. The molecule has 4 nitrogen and oxygen atoms in total. The fourth-order valence-corrected chi connectivity index (χ4v) is 2.37. The molecule has 1 unspecified atom stereocenters. The van der Waals surface area contributed by atoms with E-state index in [2.05, 4.69) is 16.8 Å². The molecule has 0 aliphatic carbocycles. The Labute approximate surface area is 108 Å². The van der Waals surface area contributed by atoms with Crippen LogP contribution in [0.15, 0.2) is 18.3 Å². The molecule has 1 aromatic heterocycles. The predicted octanol–water partition coefficient (Wildman–Crippen LogP) is 2.29. The smallest absolute Gasteiger partial charge is 0.178 e. The number of hydrogen-bond donors (Lipinski definition) is 0. The second-order valence-electron chi connectivity index (χ2n) is 5.14. The van der Waals surface area contributed by atoms with Crippen LogP contribution in [0.4, 0.5) is 5.69 Å². The summed E-state index contributed by atoms with van der Waals surface area (Å²) in [6, 6.07) is 3.75. The molecular weight excluding hydrogens is 228 g/mol. The number of methoxy groups -OCH3 is 1. The zero-order valence-electron chi connectivity index (χ0n) is 11.3. The quantitative estimate of drug-likeness (QED) is 0.770. The molecule has 1 saturated heterocycles. The average molecular weight is 248 g/mol. The number of ketones is 1. The third kappa shape index (κ3) is 2.70. The van der Waals surface area contributed by atoms with E-state index in [1.54, 1.807) is 19.4 Å². The molecule has 0 saturated carbocycles. The number of carbonyl (C=O) groups is 1. The number of aromatic nitrogens is 1. The van der Waals surface area contributed by atoms with Crippen LogP contribution in [0.1, 0.15) is 37.2 Å². The van der Waals surface area contributed by atoms with E-state index in [0.29, 0.717) is 5.69 Å². The van der Waals surface area contributed by atoms with Crippen molar-refractivity contribution in [3.8, 4) is 0 Å². The number of Topliss-reactive ketones (excluding diaryl/α,β-unsaturated/α-hetero) is 1. The van der Waals surface area contributed by atoms with Gasteiger partial charge in [0.15, 0.2) is 5.78 Å². The molecule has 0 N–H and O–H groups in total. The van der Waals surface area contributed by atoms with Crippen molar-refractivity contribution in [3.63, 3.8) is 0 Å². The summed E-state index contributed by atoms with van der Waals surface area (Å²) < 4.78 is 5.58. The van der Waals surface area contributed by atoms with Gasteiger partial charge in [-0.1, -0.05) is 0 Å². The van der Waals surface area contributed by atoms with Crippen LogP contribution in [-0.4, -0.2) is 36.6 Å². The van der Waals surface area contributed by atoms with Crippen molar-refractivity contribution in [3.05, 3.63) is 24.0 Å². The van der Waals surface area contributed by atoms with Gasteiger partial charge in [0.2, 0.25) is 0 Å². The zero-order chi connectivity index (χ0) is 13.2. The largest absolute Gasteiger partial charge is 0.377 e. The van der Waals surface area contributed by atoms with E-state index < -0.39 is 0 Å². The molecule has 1 fully saturated rings. The highest BCUT2D eigenvalue weighted by Crippen LogP contribution is 2.27. The summed E-state index contributed by atoms with van der Waals surface area (Å²) in [5.41, 5.74) is 1.49. The van der Waals surface area contributed by atoms with Crippen molar-refractivity contribution in [2.24, 2.45) is 0 Å². The second kappa shape index (κ2) is 5.06. The Morgan fingerprint density at radius 3 is 2.83 bits per heavy atom. The highest BCUT2D eigenvalue weighted by molar-refractivity contribution is 5.92. The molecule has 0 bridgehead atoms. The highest BCUT2D eigenvalue weighted by Gasteiger charge is 2.30. The van der Waals surface area contributed by atoms with Crippen molar-refractivity contribution >= 4 is 11.5 Å². The molecule has 98 valence electrons. The first kappa shape index (κ1) is 13.0. The number of anilines is 1. The lowest BCUT2D eigenvalue weighted by Gasteiger charge is -2.40. The first-order chi connectivity index (χ1) is 8.54. The van der Waals surface area contributed by atoms with E-state index in [1.165, 1.54) is 6.92 Å². The van der Waals surface area contributed by atoms with Crippen LogP contribution in [0.2, 0.25) is 0 Å². The maximum absolute atomic E-state index is 11.2. The first-order valence-corrected chi connectivity index (χ1v) is 6.31. The van der Waals surface area contributed by atoms with Gasteiger partial charge in [-0.3, -0.25) is 9.78 Å². The Hall–Kier alpha value is -1.42. The monoisotopic (exact) mass is 248 g/mol. The molecule has 0 amide bonds. The highest BCUT2D eigenvalue weighted by atomic mass is 16.5. The zero-order valence-corrected chi connectivity index (χ0v) is 11.3. The first-order valence-electron chi connectivity index (χ1n) is 6.31. The van der Waals surface area contributed by atoms with Gasteiger partial charge in [0.1, 0.15) is 5.69 Å². The standard InChI is InChI=1S/C14H20N2O2/c1-11(17)13-6-5-12(9-15-13)16-8-4-7-14(2,10-16)18-3/h5-6,9H,4,7-8,10H2,1-3H3. The molecule has 1 aliphatic heterocycles. The molecular formula is C14H20N2O2. The number of rotatable bonds is 3. The van der Waals surface area contributed by atoms with Crippen molar-refractivity contribution in [1.82, 2.24) is 4.98 Å². The van der Waals surface area contributed by atoms with Gasteiger partial charge >= 0.3 is 0 Å². The van der Waals surface area contributed by atoms with Crippen LogP contribution < -0.4 is 4.90 Å². The molecule has 0 aromatic carbocycles. The van der Waals surface area contributed by atoms with Crippen LogP contribution in [0.3, 0.4) is 0 Å². The van der Waals surface area contributed by atoms with E-state index in [0.717, 1.165) is 31.6 Å². The molecule has 0 radical (unpaired) electrons. The van der Waals surface area contributed by atoms with E-state index in [4.69, 9.17) is 4.74 Å². The van der Waals surface area contributed by atoms with Gasteiger partial charge < -0.3 is 9.64 Å². The Bertz CT molecular complexity index is 430. The number of ether oxygens (including phenoxy) is 1. The fourth-order valence-electron chi connectivity index (χ4n) is 2.37. The van der Waals surface area contributed by atoms with Crippen molar-refractivity contribution in [1.29, 1.82) is 0 Å². The minimum atomic E-state index is -0.0858. The van der Waals surface area contributed by atoms with Crippen molar-refractivity contribution in [2.75, 3.05) is 25.1 Å². The van der Waals surface area contributed by atoms with E-state index in [-0.39, 0.29) is 11.4 Å². The number of piperidine rings is 1. The minimum absolute atomic E-state index is 0.00178. The van der Waals surface area contributed by atoms with Crippen molar-refractivity contribution in [2.45, 2.75) is 32.3 Å². The molecule has 2 heterocycles. The molecule has 18 heavy (non-hydrogen) atoms. The molecule has 0 spiro atoms. The molecule has 2 rings (SSSR count). The number of hydrogen-bond acceptors (Lipinski definition) is 4. The summed E-state index contributed by atoms with van der Waals surface area (Å²) in [6.07, 6.45) is 3.97. The summed E-state index contributed by atoms with van der Waals surface area (Å²) in [6.45, 7) is 5.55. The number of carbonyl (C=O) groups excluding carboxylic acids is 1. The summed E-state index contributed by atoms with van der Waals surface area (Å²) in [7, 11) is 1.76. The Kier molecular flexibility index (Phi) is 3.66. The van der Waals surface area contributed by atoms with Gasteiger partial charge in [-0.25, -0.2) is 0 Å². The maximum atomic E-state index is 11.2. The minimum Gasteiger partial charge on any atom is -0.377 e. The summed E-state index contributed by atoms with van der Waals surface area (Å²) in [5.74, 6) is 0.00178. The van der Waals surface area contributed by atoms with Crippen molar-refractivity contribution < 1.29 is 9.53 Å². The maximum Gasteiger partial charge on any atom is 0.178 e. The third-order valence-corrected chi connectivity index (χ3v) is 3.63. The lowest BCUT2D eigenvalue weighted by molar-refractivity contribution is -0.00466. The number of nitrogens with zero attached hydrogens (tertiary/aromatic N) is 2. The van der Waals surface area contributed by atoms with Crippen LogP contribution in [0.25, 0.3) is 0 Å². The Morgan fingerprint density at radius 1 is 1.50 bits per heavy atom. The lowest BCUT2D eigenvalue weighted by Crippen LogP contribution is -2.47. The summed E-state index contributed by atoms with van der Waals surface area (Å²) in [4.78, 5) is 17.6. The predicted molar refractivity (Wildman–Crippen MR) is 71.1 cm³/mol. The van der Waals surface area contributed by atoms with E-state index in [9.17, 15) is 4.79 Å². The van der Waals surface area contributed by atoms with E-state index >= 15 is 0 Å². The Balaban J connectivity index is 2.14. The van der Waals surface area contributed by atoms with Crippen LogP contribution in [-0.2, 0) is 4.74 Å². The van der Waals surface area contributed by atoms with Crippen LogP contribution in [0.5, 0.6) is 0 Å². The summed E-state index contributed by atoms with van der Waals surface area (Å²) >= 11 is 0. The van der Waals surface area contributed by atoms with Crippen LogP contribution in [0, 0.1) is 0 Å². The van der Waals surface area contributed by atoms with Gasteiger partial charge in [-0.05, 0) is 31.9 Å². The summed E-state index contributed by atoms with van der Waals surface area (Å²) in [5, 5.41) is 0. The molecule has 1 atom stereocenters. The van der Waals surface area contributed by atoms with Gasteiger partial charge in [0, 0.05) is 27.1 Å². The topological polar surface area (TPSA) is 42.4 Å². The van der Waals surface area contributed by atoms with Gasteiger partial charge in [0.05, 0.1) is 17.5 Å². The van der Waals surface area contributed by atoms with E-state index in [1.807, 2.05) is 6.07 Å². The molecule has 1 aliphatic rings. The Morgan fingerprint density at radius 2 is 2.28 bits per heavy atom. The normalized spacial score (nSPS) is 24.1. The number of pyridine rings is 1. The van der Waals surface area contributed by atoms with Crippen LogP contribution >= 0.6 is 0 Å². The van der Waals surface area contributed by atoms with Gasteiger partial charge in [-0.15, -0.1) is 0 Å². The second-order valence-corrected chi connectivity index (χ2v) is 5.14. The average Bonchev–Trinajstić information content (AvgIpc) is 2.39. The third-order valence-electron chi connectivity index (χ3n) is 3.63. The van der Waals surface area contributed by atoms with Gasteiger partial charge in [0.25, 0.3) is 0 Å². The lowest BCUT2D eigenvalue weighted by atomic mass is 9.94. The SMILES string of the molecule is COC1(C)CCCN(c2ccc(C(C)=O)nc2)C1.